The fourth-order valence-corrected chi connectivity index (χ4v) is 1.72. The molecule has 116 valence electrons. The van der Waals surface area contributed by atoms with Crippen molar-refractivity contribution in [2.75, 3.05) is 7.11 Å². The van der Waals surface area contributed by atoms with Gasteiger partial charge in [0.25, 0.3) is 11.5 Å². The van der Waals surface area contributed by atoms with E-state index in [1.54, 1.807) is 6.92 Å². The number of aryl methyl sites for hydroxylation is 1. The zero-order valence-electron chi connectivity index (χ0n) is 12.6. The number of esters is 1. The fourth-order valence-electron chi connectivity index (χ4n) is 1.72. The van der Waals surface area contributed by atoms with Crippen LogP contribution in [0.15, 0.2) is 16.9 Å². The first-order valence-corrected chi connectivity index (χ1v) is 6.93. The van der Waals surface area contributed by atoms with Gasteiger partial charge < -0.3 is 10.1 Å². The van der Waals surface area contributed by atoms with Crippen LogP contribution in [0.3, 0.4) is 0 Å². The maximum absolute atomic E-state index is 12.0. The Bertz CT molecular complexity index is 553. The number of carbonyl (C=O) groups excluding carboxylic acids is 2. The topological polar surface area (TPSA) is 90.3 Å². The highest BCUT2D eigenvalue weighted by molar-refractivity contribution is 5.92. The van der Waals surface area contributed by atoms with E-state index in [0.717, 1.165) is 12.8 Å². The summed E-state index contributed by atoms with van der Waals surface area (Å²) in [5.41, 5.74) is -0.0787. The molecular formula is C14H21N3O4. The fraction of sp³-hybridized carbons (Fsp3) is 0.571. The van der Waals surface area contributed by atoms with Gasteiger partial charge in [-0.3, -0.25) is 14.4 Å². The summed E-state index contributed by atoms with van der Waals surface area (Å²) >= 11 is 0. The minimum Gasteiger partial charge on any atom is -0.469 e. The monoisotopic (exact) mass is 295 g/mol. The van der Waals surface area contributed by atoms with Gasteiger partial charge in [-0.1, -0.05) is 13.3 Å². The highest BCUT2D eigenvalue weighted by Gasteiger charge is 2.15. The zero-order chi connectivity index (χ0) is 15.8. The predicted octanol–water partition coefficient (Wildman–Crippen LogP) is 0.725. The van der Waals surface area contributed by atoms with Crippen molar-refractivity contribution >= 4 is 11.9 Å². The Balaban J connectivity index is 2.73. The Labute approximate surface area is 123 Å². The molecule has 0 saturated heterocycles. The lowest BCUT2D eigenvalue weighted by atomic mass is 10.2. The van der Waals surface area contributed by atoms with Crippen LogP contribution in [0.1, 0.15) is 43.6 Å². The lowest BCUT2D eigenvalue weighted by molar-refractivity contribution is -0.141. The molecule has 1 atom stereocenters. The van der Waals surface area contributed by atoms with Gasteiger partial charge in [0.1, 0.15) is 5.69 Å². The van der Waals surface area contributed by atoms with Crippen LogP contribution in [0.4, 0.5) is 0 Å². The molecule has 1 N–H and O–H groups in total. The van der Waals surface area contributed by atoms with Crippen LogP contribution < -0.4 is 10.9 Å². The molecule has 1 rings (SSSR count). The summed E-state index contributed by atoms with van der Waals surface area (Å²) in [6.45, 7) is 4.19. The van der Waals surface area contributed by atoms with Gasteiger partial charge >= 0.3 is 5.97 Å². The molecular weight excluding hydrogens is 274 g/mol. The van der Waals surface area contributed by atoms with Crippen molar-refractivity contribution in [1.82, 2.24) is 15.1 Å². The highest BCUT2D eigenvalue weighted by Crippen LogP contribution is 1.98. The second kappa shape index (κ2) is 8.18. The normalized spacial score (nSPS) is 11.8. The first-order chi connectivity index (χ1) is 9.97. The number of nitrogens with zero attached hydrogens (tertiary/aromatic N) is 2. The number of carbonyl (C=O) groups is 2. The second-order valence-corrected chi connectivity index (χ2v) is 4.79. The number of hydrogen-bond donors (Lipinski definition) is 1. The van der Waals surface area contributed by atoms with Gasteiger partial charge in [-0.05, 0) is 19.4 Å². The molecule has 1 amide bonds. The first-order valence-electron chi connectivity index (χ1n) is 6.93. The molecule has 1 aromatic heterocycles. The largest absolute Gasteiger partial charge is 0.469 e. The van der Waals surface area contributed by atoms with Crippen LogP contribution in [-0.2, 0) is 16.1 Å². The average molecular weight is 295 g/mol. The maximum Gasteiger partial charge on any atom is 0.307 e. The molecule has 0 aliphatic rings. The molecule has 7 heteroatoms. The molecule has 1 heterocycles. The van der Waals surface area contributed by atoms with Crippen LogP contribution in [0.2, 0.25) is 0 Å². The van der Waals surface area contributed by atoms with Gasteiger partial charge in [0, 0.05) is 18.7 Å². The van der Waals surface area contributed by atoms with Gasteiger partial charge in [0.15, 0.2) is 0 Å². The Hall–Kier alpha value is -2.18. The summed E-state index contributed by atoms with van der Waals surface area (Å²) < 4.78 is 5.82. The van der Waals surface area contributed by atoms with E-state index in [-0.39, 0.29) is 23.7 Å². The van der Waals surface area contributed by atoms with Gasteiger partial charge in [-0.2, -0.15) is 5.10 Å². The van der Waals surface area contributed by atoms with Crippen LogP contribution in [0.25, 0.3) is 0 Å². The number of ether oxygens (including phenoxy) is 1. The van der Waals surface area contributed by atoms with Crippen LogP contribution in [-0.4, -0.2) is 34.8 Å². The Morgan fingerprint density at radius 1 is 1.43 bits per heavy atom. The maximum atomic E-state index is 12.0. The van der Waals surface area contributed by atoms with Crippen molar-refractivity contribution in [3.8, 4) is 0 Å². The third kappa shape index (κ3) is 5.37. The van der Waals surface area contributed by atoms with Crippen LogP contribution in [0, 0.1) is 0 Å². The number of nitrogens with one attached hydrogen (secondary N) is 1. The van der Waals surface area contributed by atoms with E-state index in [2.05, 4.69) is 15.2 Å². The molecule has 1 aromatic rings. The van der Waals surface area contributed by atoms with Crippen LogP contribution in [0.5, 0.6) is 0 Å². The molecule has 0 bridgehead atoms. The molecule has 1 unspecified atom stereocenters. The number of unbranched alkanes of at least 4 members (excludes halogenated alkanes) is 1. The molecule has 0 aliphatic carbocycles. The zero-order valence-corrected chi connectivity index (χ0v) is 12.6. The number of rotatable bonds is 7. The summed E-state index contributed by atoms with van der Waals surface area (Å²) in [7, 11) is 1.29. The van der Waals surface area contributed by atoms with Gasteiger partial charge in [0.05, 0.1) is 13.5 Å². The second-order valence-electron chi connectivity index (χ2n) is 4.79. The number of aromatic nitrogens is 2. The molecule has 0 saturated carbocycles. The first kappa shape index (κ1) is 16.9. The molecule has 0 spiro atoms. The molecule has 0 radical (unpaired) electrons. The van der Waals surface area contributed by atoms with Crippen molar-refractivity contribution in [3.63, 3.8) is 0 Å². The molecule has 7 nitrogen and oxygen atoms in total. The lowest BCUT2D eigenvalue weighted by Gasteiger charge is -2.12. The third-order valence-electron chi connectivity index (χ3n) is 2.90. The minimum absolute atomic E-state index is 0.0811. The SMILES string of the molecule is CCCCn1nc(C(=O)NC(C)CC(=O)OC)ccc1=O. The summed E-state index contributed by atoms with van der Waals surface area (Å²) in [6.07, 6.45) is 1.83. The van der Waals surface area contributed by atoms with E-state index >= 15 is 0 Å². The number of methoxy groups -OCH3 is 1. The Morgan fingerprint density at radius 3 is 2.76 bits per heavy atom. The Kier molecular flexibility index (Phi) is 6.58. The minimum atomic E-state index is -0.420. The standard InChI is InChI=1S/C14H21N3O4/c1-4-5-8-17-12(18)7-6-11(16-17)14(20)15-10(2)9-13(19)21-3/h6-7,10H,4-5,8-9H2,1-3H3,(H,15,20). The average Bonchev–Trinajstić information content (AvgIpc) is 2.45. The number of hydrogen-bond acceptors (Lipinski definition) is 5. The summed E-state index contributed by atoms with van der Waals surface area (Å²) in [6, 6.07) is 2.33. The van der Waals surface area contributed by atoms with E-state index in [4.69, 9.17) is 0 Å². The van der Waals surface area contributed by atoms with Crippen molar-refractivity contribution in [2.24, 2.45) is 0 Å². The smallest absolute Gasteiger partial charge is 0.307 e. The van der Waals surface area contributed by atoms with Gasteiger partial charge in [-0.15, -0.1) is 0 Å². The van der Waals surface area contributed by atoms with E-state index in [1.165, 1.54) is 23.9 Å². The van der Waals surface area contributed by atoms with Crippen LogP contribution >= 0.6 is 0 Å². The summed E-state index contributed by atoms with van der Waals surface area (Å²) in [4.78, 5) is 34.8. The van der Waals surface area contributed by atoms with E-state index in [9.17, 15) is 14.4 Å². The highest BCUT2D eigenvalue weighted by atomic mass is 16.5. The number of amides is 1. The van der Waals surface area contributed by atoms with E-state index in [0.29, 0.717) is 6.54 Å². The molecule has 0 fully saturated rings. The van der Waals surface area contributed by atoms with Crippen molar-refractivity contribution < 1.29 is 14.3 Å². The van der Waals surface area contributed by atoms with Crippen molar-refractivity contribution in [2.45, 2.75) is 45.7 Å². The van der Waals surface area contributed by atoms with Crippen molar-refractivity contribution in [3.05, 3.63) is 28.2 Å². The van der Waals surface area contributed by atoms with Crippen molar-refractivity contribution in [1.29, 1.82) is 0 Å². The summed E-state index contributed by atoms with van der Waals surface area (Å²) in [5, 5.41) is 6.68. The molecule has 21 heavy (non-hydrogen) atoms. The predicted molar refractivity (Wildman–Crippen MR) is 77.0 cm³/mol. The lowest BCUT2D eigenvalue weighted by Crippen LogP contribution is -2.36. The Morgan fingerprint density at radius 2 is 2.14 bits per heavy atom. The van der Waals surface area contributed by atoms with E-state index < -0.39 is 11.9 Å². The quantitative estimate of drug-likeness (QED) is 0.749. The molecule has 0 aromatic carbocycles. The summed E-state index contributed by atoms with van der Waals surface area (Å²) in [5.74, 6) is -0.819. The van der Waals surface area contributed by atoms with Gasteiger partial charge in [-0.25, -0.2) is 4.68 Å². The third-order valence-corrected chi connectivity index (χ3v) is 2.90. The molecule has 0 aliphatic heterocycles. The van der Waals surface area contributed by atoms with E-state index in [1.807, 2.05) is 6.92 Å². The van der Waals surface area contributed by atoms with Gasteiger partial charge in [0.2, 0.25) is 0 Å².